The molecule has 0 amide bonds. The Labute approximate surface area is 105 Å². The van der Waals surface area contributed by atoms with E-state index >= 15 is 0 Å². The van der Waals surface area contributed by atoms with E-state index in [1.165, 1.54) is 0 Å². The minimum absolute atomic E-state index is 0.145. The highest BCUT2D eigenvalue weighted by Gasteiger charge is 2.27. The summed E-state index contributed by atoms with van der Waals surface area (Å²) < 4.78 is 30.3. The van der Waals surface area contributed by atoms with Crippen LogP contribution < -0.4 is 4.74 Å². The second-order valence-electron chi connectivity index (χ2n) is 3.94. The molecule has 2 rings (SSSR count). The number of ether oxygens (including phenoxy) is 1. The van der Waals surface area contributed by atoms with Crippen LogP contribution >= 0.6 is 0 Å². The third-order valence-electron chi connectivity index (χ3n) is 2.62. The van der Waals surface area contributed by atoms with Crippen LogP contribution in [0.25, 0.3) is 0 Å². The molecule has 18 heavy (non-hydrogen) atoms. The van der Waals surface area contributed by atoms with Gasteiger partial charge in [-0.1, -0.05) is 18.2 Å². The van der Waals surface area contributed by atoms with Crippen LogP contribution in [0.2, 0.25) is 0 Å². The molecule has 0 saturated carbocycles. The van der Waals surface area contributed by atoms with Gasteiger partial charge < -0.3 is 9.84 Å². The summed E-state index contributed by atoms with van der Waals surface area (Å²) in [6.45, 7) is 0.520. The number of carboxylic acids is 1. The smallest absolute Gasteiger partial charge is 0.320 e. The van der Waals surface area contributed by atoms with Crippen molar-refractivity contribution in [2.24, 2.45) is 0 Å². The van der Waals surface area contributed by atoms with Crippen molar-refractivity contribution in [2.75, 3.05) is 18.9 Å². The number of carboxylic acid groups (broad SMARTS) is 1. The Balaban J connectivity index is 2.25. The Morgan fingerprint density at radius 1 is 1.39 bits per heavy atom. The second-order valence-corrected chi connectivity index (χ2v) is 5.91. The van der Waals surface area contributed by atoms with Gasteiger partial charge in [0.15, 0.2) is 5.75 Å². The summed E-state index contributed by atoms with van der Waals surface area (Å²) in [7, 11) is -3.79. The Hall–Kier alpha value is -1.60. The molecule has 7 heteroatoms. The molecule has 0 fully saturated rings. The summed E-state index contributed by atoms with van der Waals surface area (Å²) >= 11 is 0. The van der Waals surface area contributed by atoms with Crippen LogP contribution in [0.1, 0.15) is 5.56 Å². The molecule has 1 aromatic carbocycles. The summed E-state index contributed by atoms with van der Waals surface area (Å²) in [5.74, 6) is -1.60. The molecular weight excluding hydrogens is 258 g/mol. The highest BCUT2D eigenvalue weighted by atomic mass is 32.2. The van der Waals surface area contributed by atoms with Crippen LogP contribution in [0.15, 0.2) is 24.3 Å². The highest BCUT2D eigenvalue weighted by Crippen LogP contribution is 2.23. The molecule has 98 valence electrons. The quantitative estimate of drug-likeness (QED) is 0.854. The zero-order chi connectivity index (χ0) is 13.2. The van der Waals surface area contributed by atoms with E-state index in [4.69, 9.17) is 9.84 Å². The van der Waals surface area contributed by atoms with Gasteiger partial charge in [0.1, 0.15) is 12.4 Å². The maximum absolute atomic E-state index is 11.8. The minimum atomic E-state index is -3.79. The number of hydrogen-bond donors (Lipinski definition) is 1. The topological polar surface area (TPSA) is 83.9 Å². The van der Waals surface area contributed by atoms with Crippen molar-refractivity contribution in [1.29, 1.82) is 0 Å². The molecule has 1 aliphatic heterocycles. The first-order chi connectivity index (χ1) is 8.49. The molecule has 1 N–H and O–H groups in total. The number of para-hydroxylation sites is 1. The molecule has 0 spiro atoms. The van der Waals surface area contributed by atoms with Crippen LogP contribution in [-0.4, -0.2) is 42.7 Å². The molecule has 0 saturated heterocycles. The van der Waals surface area contributed by atoms with E-state index in [9.17, 15) is 13.2 Å². The lowest BCUT2D eigenvalue weighted by molar-refractivity contribution is -0.134. The fraction of sp³-hybridized carbons (Fsp3) is 0.364. The zero-order valence-electron chi connectivity index (χ0n) is 9.57. The minimum Gasteiger partial charge on any atom is -0.492 e. The van der Waals surface area contributed by atoms with Crippen molar-refractivity contribution >= 4 is 16.0 Å². The Morgan fingerprint density at radius 3 is 2.83 bits per heavy atom. The first-order valence-electron chi connectivity index (χ1n) is 5.39. The van der Waals surface area contributed by atoms with Crippen molar-refractivity contribution < 1.29 is 23.1 Å². The van der Waals surface area contributed by atoms with Gasteiger partial charge in [0.2, 0.25) is 10.0 Å². The van der Waals surface area contributed by atoms with E-state index in [0.29, 0.717) is 5.75 Å². The van der Waals surface area contributed by atoms with E-state index in [1.54, 1.807) is 24.3 Å². The monoisotopic (exact) mass is 271 g/mol. The highest BCUT2D eigenvalue weighted by molar-refractivity contribution is 7.89. The summed E-state index contributed by atoms with van der Waals surface area (Å²) in [6, 6.07) is 7.13. The third kappa shape index (κ3) is 2.80. The number of fused-ring (bicyclic) bond motifs is 1. The maximum atomic E-state index is 11.8. The maximum Gasteiger partial charge on any atom is 0.320 e. The first kappa shape index (κ1) is 12.8. The van der Waals surface area contributed by atoms with Crippen LogP contribution in [0.4, 0.5) is 0 Å². The Kier molecular flexibility index (Phi) is 3.53. The Morgan fingerprint density at radius 2 is 2.11 bits per heavy atom. The average Bonchev–Trinajstić information content (AvgIpc) is 2.49. The predicted molar refractivity (Wildman–Crippen MR) is 63.8 cm³/mol. The van der Waals surface area contributed by atoms with Gasteiger partial charge >= 0.3 is 5.97 Å². The van der Waals surface area contributed by atoms with Crippen LogP contribution in [0.5, 0.6) is 5.75 Å². The van der Waals surface area contributed by atoms with Gasteiger partial charge in [-0.2, -0.15) is 4.31 Å². The third-order valence-corrected chi connectivity index (χ3v) is 4.33. The summed E-state index contributed by atoms with van der Waals surface area (Å²) in [5, 5.41) is 8.61. The summed E-state index contributed by atoms with van der Waals surface area (Å²) in [6.07, 6.45) is 0. The van der Waals surface area contributed by atoms with Gasteiger partial charge in [-0.15, -0.1) is 0 Å². The number of aliphatic carboxylic acids is 1. The fourth-order valence-electron chi connectivity index (χ4n) is 1.79. The zero-order valence-corrected chi connectivity index (χ0v) is 10.4. The van der Waals surface area contributed by atoms with Crippen LogP contribution in [-0.2, 0) is 21.4 Å². The number of benzene rings is 1. The SMILES string of the molecule is O=C(O)CS(=O)(=O)N1CCOc2ccccc2C1. The van der Waals surface area contributed by atoms with Crippen molar-refractivity contribution in [3.05, 3.63) is 29.8 Å². The standard InChI is InChI=1S/C11H13NO5S/c13-11(14)8-18(15,16)12-5-6-17-10-4-2-1-3-9(10)7-12/h1-4H,5-8H2,(H,13,14). The van der Waals surface area contributed by atoms with E-state index in [2.05, 4.69) is 0 Å². The van der Waals surface area contributed by atoms with Gasteiger partial charge in [0.25, 0.3) is 0 Å². The normalized spacial score (nSPS) is 16.4. The first-order valence-corrected chi connectivity index (χ1v) is 7.00. The van der Waals surface area contributed by atoms with Gasteiger partial charge in [0.05, 0.1) is 0 Å². The van der Waals surface area contributed by atoms with Gasteiger partial charge in [-0.05, 0) is 6.07 Å². The van der Waals surface area contributed by atoms with E-state index in [-0.39, 0.29) is 19.7 Å². The van der Waals surface area contributed by atoms with Crippen molar-refractivity contribution in [3.63, 3.8) is 0 Å². The molecule has 0 bridgehead atoms. The fourth-order valence-corrected chi connectivity index (χ4v) is 2.97. The van der Waals surface area contributed by atoms with Crippen molar-refractivity contribution in [2.45, 2.75) is 6.54 Å². The molecule has 0 radical (unpaired) electrons. The molecule has 1 heterocycles. The van der Waals surface area contributed by atoms with Gasteiger partial charge in [0, 0.05) is 18.7 Å². The molecule has 6 nitrogen and oxygen atoms in total. The average molecular weight is 271 g/mol. The van der Waals surface area contributed by atoms with Gasteiger partial charge in [-0.3, -0.25) is 4.79 Å². The largest absolute Gasteiger partial charge is 0.492 e. The number of sulfonamides is 1. The Bertz CT molecular complexity index is 554. The van der Waals surface area contributed by atoms with E-state index < -0.39 is 21.7 Å². The molecule has 0 unspecified atom stereocenters. The predicted octanol–water partition coefficient (Wildman–Crippen LogP) is 0.295. The summed E-state index contributed by atoms with van der Waals surface area (Å²) in [4.78, 5) is 10.6. The number of rotatable bonds is 3. The van der Waals surface area contributed by atoms with Crippen molar-refractivity contribution in [1.82, 2.24) is 4.31 Å². The second kappa shape index (κ2) is 4.95. The van der Waals surface area contributed by atoms with Crippen LogP contribution in [0.3, 0.4) is 0 Å². The molecule has 1 aliphatic rings. The molecule has 0 aliphatic carbocycles. The lowest BCUT2D eigenvalue weighted by atomic mass is 10.2. The number of hydrogen-bond acceptors (Lipinski definition) is 4. The van der Waals surface area contributed by atoms with Gasteiger partial charge in [-0.25, -0.2) is 8.42 Å². The van der Waals surface area contributed by atoms with E-state index in [0.717, 1.165) is 9.87 Å². The lowest BCUT2D eigenvalue weighted by Crippen LogP contribution is -2.36. The number of carbonyl (C=O) groups is 1. The summed E-state index contributed by atoms with van der Waals surface area (Å²) in [5.41, 5.74) is 0.740. The van der Waals surface area contributed by atoms with Crippen molar-refractivity contribution in [3.8, 4) is 5.75 Å². The molecular formula is C11H13NO5S. The molecule has 0 atom stereocenters. The molecule has 0 aromatic heterocycles. The number of nitrogens with zero attached hydrogens (tertiary/aromatic N) is 1. The van der Waals surface area contributed by atoms with Crippen LogP contribution in [0, 0.1) is 0 Å². The lowest BCUT2D eigenvalue weighted by Gasteiger charge is -2.18. The molecule has 1 aromatic rings. The van der Waals surface area contributed by atoms with E-state index in [1.807, 2.05) is 0 Å².